The molecule has 2 N–H and O–H groups in total. The van der Waals surface area contributed by atoms with Crippen molar-refractivity contribution >= 4 is 40.6 Å². The Morgan fingerprint density at radius 3 is 2.10 bits per heavy atom. The SMILES string of the molecule is O=C(Nc1ccc(N2CCN(C(=O)Nc3ccccc3)CC2)cc1)c1cccc(Cl)c1. The zero-order chi connectivity index (χ0) is 21.6. The molecule has 0 radical (unpaired) electrons. The number of hydrogen-bond donors (Lipinski definition) is 2. The van der Waals surface area contributed by atoms with E-state index in [1.165, 1.54) is 0 Å². The molecular formula is C24H23ClN4O2. The van der Waals surface area contributed by atoms with Gasteiger partial charge < -0.3 is 20.4 Å². The number of urea groups is 1. The number of nitrogens with one attached hydrogen (secondary N) is 2. The average Bonchev–Trinajstić information content (AvgIpc) is 2.80. The molecule has 1 aliphatic heterocycles. The van der Waals surface area contributed by atoms with Crippen molar-refractivity contribution in [3.05, 3.63) is 89.4 Å². The molecule has 1 aliphatic rings. The van der Waals surface area contributed by atoms with Crippen LogP contribution in [0, 0.1) is 0 Å². The van der Waals surface area contributed by atoms with Crippen molar-refractivity contribution in [3.63, 3.8) is 0 Å². The normalized spacial score (nSPS) is 13.6. The Kier molecular flexibility index (Phi) is 6.38. The number of para-hydroxylation sites is 1. The van der Waals surface area contributed by atoms with Crippen LogP contribution >= 0.6 is 11.6 Å². The highest BCUT2D eigenvalue weighted by Crippen LogP contribution is 2.21. The summed E-state index contributed by atoms with van der Waals surface area (Å²) < 4.78 is 0. The third-order valence-corrected chi connectivity index (χ3v) is 5.40. The predicted molar refractivity (Wildman–Crippen MR) is 125 cm³/mol. The van der Waals surface area contributed by atoms with E-state index in [0.29, 0.717) is 23.7 Å². The molecule has 0 saturated carbocycles. The van der Waals surface area contributed by atoms with E-state index in [1.807, 2.05) is 59.5 Å². The van der Waals surface area contributed by atoms with Crippen LogP contribution in [0.25, 0.3) is 0 Å². The molecule has 3 aromatic carbocycles. The van der Waals surface area contributed by atoms with Gasteiger partial charge in [-0.2, -0.15) is 0 Å². The fraction of sp³-hybridized carbons (Fsp3) is 0.167. The van der Waals surface area contributed by atoms with Crippen molar-refractivity contribution in [1.29, 1.82) is 0 Å². The molecule has 0 aliphatic carbocycles. The molecular weight excluding hydrogens is 412 g/mol. The lowest BCUT2D eigenvalue weighted by molar-refractivity contribution is 0.102. The van der Waals surface area contributed by atoms with E-state index in [2.05, 4.69) is 15.5 Å². The molecule has 0 atom stereocenters. The lowest BCUT2D eigenvalue weighted by atomic mass is 10.2. The summed E-state index contributed by atoms with van der Waals surface area (Å²) in [6.07, 6.45) is 0. The highest BCUT2D eigenvalue weighted by Gasteiger charge is 2.21. The van der Waals surface area contributed by atoms with Gasteiger partial charge in [0.15, 0.2) is 0 Å². The summed E-state index contributed by atoms with van der Waals surface area (Å²) in [4.78, 5) is 28.9. The van der Waals surface area contributed by atoms with Crippen molar-refractivity contribution in [3.8, 4) is 0 Å². The van der Waals surface area contributed by atoms with Gasteiger partial charge in [-0.15, -0.1) is 0 Å². The number of halogens is 1. The Hall–Kier alpha value is -3.51. The molecule has 1 fully saturated rings. The van der Waals surface area contributed by atoms with Crippen molar-refractivity contribution in [1.82, 2.24) is 4.90 Å². The molecule has 1 saturated heterocycles. The van der Waals surface area contributed by atoms with Gasteiger partial charge in [0, 0.05) is 53.8 Å². The summed E-state index contributed by atoms with van der Waals surface area (Å²) in [7, 11) is 0. The summed E-state index contributed by atoms with van der Waals surface area (Å²) in [5.41, 5.74) is 3.09. The molecule has 3 aromatic rings. The number of carbonyl (C=O) groups is 2. The van der Waals surface area contributed by atoms with Crippen molar-refractivity contribution in [2.75, 3.05) is 41.7 Å². The molecule has 158 valence electrons. The lowest BCUT2D eigenvalue weighted by Gasteiger charge is -2.36. The maximum Gasteiger partial charge on any atom is 0.321 e. The number of hydrogen-bond acceptors (Lipinski definition) is 3. The van der Waals surface area contributed by atoms with Crippen LogP contribution in [0.1, 0.15) is 10.4 Å². The average molecular weight is 435 g/mol. The van der Waals surface area contributed by atoms with E-state index in [4.69, 9.17) is 11.6 Å². The standard InChI is InChI=1S/C24H23ClN4O2/c25-19-6-4-5-18(17-19)23(30)26-21-9-11-22(12-10-21)28-13-15-29(16-14-28)24(31)27-20-7-2-1-3-8-20/h1-12,17H,13-16H2,(H,26,30)(H,27,31). The third kappa shape index (κ3) is 5.35. The smallest absolute Gasteiger partial charge is 0.321 e. The second-order valence-electron chi connectivity index (χ2n) is 7.28. The molecule has 0 unspecified atom stereocenters. The lowest BCUT2D eigenvalue weighted by Crippen LogP contribution is -2.50. The van der Waals surface area contributed by atoms with Crippen LogP contribution in [-0.4, -0.2) is 43.0 Å². The fourth-order valence-electron chi connectivity index (χ4n) is 3.48. The zero-order valence-corrected chi connectivity index (χ0v) is 17.7. The zero-order valence-electron chi connectivity index (χ0n) is 16.9. The van der Waals surface area contributed by atoms with Crippen molar-refractivity contribution in [2.24, 2.45) is 0 Å². The monoisotopic (exact) mass is 434 g/mol. The molecule has 3 amide bonds. The number of rotatable bonds is 4. The Balaban J connectivity index is 1.30. The third-order valence-electron chi connectivity index (χ3n) is 5.17. The van der Waals surface area contributed by atoms with Crippen LogP contribution in [0.3, 0.4) is 0 Å². The van der Waals surface area contributed by atoms with E-state index in [-0.39, 0.29) is 11.9 Å². The van der Waals surface area contributed by atoms with Gasteiger partial charge in [-0.3, -0.25) is 4.79 Å². The van der Waals surface area contributed by atoms with Crippen LogP contribution < -0.4 is 15.5 Å². The minimum absolute atomic E-state index is 0.0788. The quantitative estimate of drug-likeness (QED) is 0.610. The highest BCUT2D eigenvalue weighted by atomic mass is 35.5. The molecule has 0 aromatic heterocycles. The van der Waals surface area contributed by atoms with Gasteiger partial charge >= 0.3 is 6.03 Å². The first kappa shape index (κ1) is 20.8. The van der Waals surface area contributed by atoms with Gasteiger partial charge in [-0.1, -0.05) is 35.9 Å². The first-order valence-corrected chi connectivity index (χ1v) is 10.5. The Morgan fingerprint density at radius 2 is 1.42 bits per heavy atom. The molecule has 31 heavy (non-hydrogen) atoms. The summed E-state index contributed by atoms with van der Waals surface area (Å²) >= 11 is 5.95. The maximum atomic E-state index is 12.4. The summed E-state index contributed by atoms with van der Waals surface area (Å²) in [5.74, 6) is -0.201. The Bertz CT molecular complexity index is 1050. The molecule has 0 bridgehead atoms. The van der Waals surface area contributed by atoms with Gasteiger partial charge in [0.1, 0.15) is 0 Å². The Labute approximate surface area is 186 Å². The summed E-state index contributed by atoms with van der Waals surface area (Å²) in [6.45, 7) is 2.78. The van der Waals surface area contributed by atoms with E-state index < -0.39 is 0 Å². The van der Waals surface area contributed by atoms with Gasteiger partial charge in [0.05, 0.1) is 0 Å². The van der Waals surface area contributed by atoms with Gasteiger partial charge in [-0.25, -0.2) is 4.79 Å². The topological polar surface area (TPSA) is 64.7 Å². The summed E-state index contributed by atoms with van der Waals surface area (Å²) in [6, 6.07) is 24.0. The highest BCUT2D eigenvalue weighted by molar-refractivity contribution is 6.31. The van der Waals surface area contributed by atoms with Crippen LogP contribution in [0.4, 0.5) is 21.9 Å². The second-order valence-corrected chi connectivity index (χ2v) is 7.72. The number of piperazine rings is 1. The fourth-order valence-corrected chi connectivity index (χ4v) is 3.67. The first-order chi connectivity index (χ1) is 15.1. The van der Waals surface area contributed by atoms with E-state index in [0.717, 1.165) is 30.2 Å². The Morgan fingerprint density at radius 1 is 0.742 bits per heavy atom. The number of amides is 3. The second kappa shape index (κ2) is 9.53. The van der Waals surface area contributed by atoms with E-state index in [1.54, 1.807) is 24.3 Å². The van der Waals surface area contributed by atoms with E-state index >= 15 is 0 Å². The number of anilines is 3. The molecule has 6 nitrogen and oxygen atoms in total. The number of nitrogens with zero attached hydrogens (tertiary/aromatic N) is 2. The molecule has 1 heterocycles. The van der Waals surface area contributed by atoms with Gasteiger partial charge in [-0.05, 0) is 54.6 Å². The van der Waals surface area contributed by atoms with Crippen LogP contribution in [0.2, 0.25) is 5.02 Å². The van der Waals surface area contributed by atoms with Gasteiger partial charge in [0.25, 0.3) is 5.91 Å². The van der Waals surface area contributed by atoms with Crippen LogP contribution in [0.5, 0.6) is 0 Å². The minimum atomic E-state index is -0.201. The summed E-state index contributed by atoms with van der Waals surface area (Å²) in [5, 5.41) is 6.34. The number of carbonyl (C=O) groups excluding carboxylic acids is 2. The molecule has 7 heteroatoms. The number of benzene rings is 3. The van der Waals surface area contributed by atoms with Gasteiger partial charge in [0.2, 0.25) is 0 Å². The minimum Gasteiger partial charge on any atom is -0.368 e. The van der Waals surface area contributed by atoms with Crippen molar-refractivity contribution in [2.45, 2.75) is 0 Å². The van der Waals surface area contributed by atoms with Crippen LogP contribution in [-0.2, 0) is 0 Å². The largest absolute Gasteiger partial charge is 0.368 e. The maximum absolute atomic E-state index is 12.4. The van der Waals surface area contributed by atoms with Crippen LogP contribution in [0.15, 0.2) is 78.9 Å². The molecule has 4 rings (SSSR count). The predicted octanol–water partition coefficient (Wildman–Crippen LogP) is 4.95. The first-order valence-electron chi connectivity index (χ1n) is 10.1. The van der Waals surface area contributed by atoms with E-state index in [9.17, 15) is 9.59 Å². The molecule has 0 spiro atoms. The van der Waals surface area contributed by atoms with Crippen molar-refractivity contribution < 1.29 is 9.59 Å².